The van der Waals surface area contributed by atoms with Gasteiger partial charge in [-0.3, -0.25) is 4.79 Å². The van der Waals surface area contributed by atoms with Gasteiger partial charge in [0, 0.05) is 22.7 Å². The fourth-order valence-electron chi connectivity index (χ4n) is 2.97. The van der Waals surface area contributed by atoms with E-state index in [2.05, 4.69) is 5.32 Å². The third-order valence-corrected chi connectivity index (χ3v) is 4.42. The number of esters is 1. The van der Waals surface area contributed by atoms with Crippen LogP contribution in [0.25, 0.3) is 11.0 Å². The number of carbonyl (C=O) groups excluding carboxylic acids is 2. The Labute approximate surface area is 173 Å². The highest BCUT2D eigenvalue weighted by Gasteiger charge is 2.13. The summed E-state index contributed by atoms with van der Waals surface area (Å²) in [6, 6.07) is 11.4. The van der Waals surface area contributed by atoms with Crippen molar-refractivity contribution in [3.8, 4) is 5.75 Å². The van der Waals surface area contributed by atoms with Crippen LogP contribution in [0.2, 0.25) is 0 Å². The number of fused-ring (bicyclic) bond motifs is 1. The molecule has 1 heterocycles. The van der Waals surface area contributed by atoms with Crippen LogP contribution in [0, 0.1) is 13.8 Å². The minimum absolute atomic E-state index is 0.204. The van der Waals surface area contributed by atoms with Crippen LogP contribution in [0.3, 0.4) is 0 Å². The van der Waals surface area contributed by atoms with Gasteiger partial charge in [-0.1, -0.05) is 0 Å². The van der Waals surface area contributed by atoms with Gasteiger partial charge in [0.2, 0.25) is 0 Å². The third-order valence-electron chi connectivity index (χ3n) is 4.42. The van der Waals surface area contributed by atoms with Crippen molar-refractivity contribution in [2.24, 2.45) is 0 Å². The number of ether oxygens (including phenoxy) is 2. The van der Waals surface area contributed by atoms with Crippen LogP contribution < -0.4 is 15.7 Å². The average Bonchev–Trinajstić information content (AvgIpc) is 2.68. The molecule has 0 aliphatic heterocycles. The highest BCUT2D eigenvalue weighted by molar-refractivity contribution is 5.94. The van der Waals surface area contributed by atoms with E-state index in [1.54, 1.807) is 57.2 Å². The summed E-state index contributed by atoms with van der Waals surface area (Å²) in [5.74, 6) is -0.323. The van der Waals surface area contributed by atoms with Crippen LogP contribution in [-0.4, -0.2) is 24.6 Å². The molecule has 3 rings (SSSR count). The Bertz CT molecular complexity index is 1140. The second-order valence-corrected chi connectivity index (χ2v) is 7.18. The molecule has 0 unspecified atom stereocenters. The lowest BCUT2D eigenvalue weighted by atomic mass is 10.1. The average molecular weight is 409 g/mol. The van der Waals surface area contributed by atoms with Gasteiger partial charge in [-0.2, -0.15) is 0 Å². The van der Waals surface area contributed by atoms with Gasteiger partial charge in [-0.15, -0.1) is 0 Å². The maximum atomic E-state index is 12.2. The van der Waals surface area contributed by atoms with Crippen molar-refractivity contribution in [3.63, 3.8) is 0 Å². The second-order valence-electron chi connectivity index (χ2n) is 7.18. The number of aryl methyl sites for hydroxylation is 2. The Morgan fingerprint density at radius 2 is 1.77 bits per heavy atom. The van der Waals surface area contributed by atoms with Crippen molar-refractivity contribution < 1.29 is 23.5 Å². The first-order valence-electron chi connectivity index (χ1n) is 9.52. The minimum atomic E-state index is -0.432. The van der Waals surface area contributed by atoms with E-state index in [9.17, 15) is 14.4 Å². The highest BCUT2D eigenvalue weighted by atomic mass is 16.5. The molecule has 30 heavy (non-hydrogen) atoms. The maximum Gasteiger partial charge on any atom is 0.338 e. The number of nitrogens with one attached hydrogen (secondary N) is 1. The van der Waals surface area contributed by atoms with Gasteiger partial charge in [-0.05, 0) is 69.7 Å². The van der Waals surface area contributed by atoms with E-state index in [0.717, 1.165) is 10.9 Å². The van der Waals surface area contributed by atoms with E-state index in [1.165, 1.54) is 6.07 Å². The molecular weight excluding hydrogens is 386 g/mol. The van der Waals surface area contributed by atoms with E-state index < -0.39 is 11.6 Å². The molecule has 1 N–H and O–H groups in total. The molecule has 1 aromatic heterocycles. The Hall–Kier alpha value is -3.61. The normalized spacial score (nSPS) is 10.8. The minimum Gasteiger partial charge on any atom is -0.483 e. The molecule has 3 aromatic rings. The summed E-state index contributed by atoms with van der Waals surface area (Å²) in [4.78, 5) is 35.7. The van der Waals surface area contributed by atoms with Crippen LogP contribution in [0.1, 0.15) is 35.3 Å². The fraction of sp³-hybridized carbons (Fsp3) is 0.261. The maximum absolute atomic E-state index is 12.2. The van der Waals surface area contributed by atoms with Gasteiger partial charge >= 0.3 is 11.6 Å². The van der Waals surface area contributed by atoms with Gasteiger partial charge in [-0.25, -0.2) is 9.59 Å². The van der Waals surface area contributed by atoms with E-state index in [0.29, 0.717) is 28.1 Å². The lowest BCUT2D eigenvalue weighted by Crippen LogP contribution is -2.20. The predicted octanol–water partition coefficient (Wildman–Crippen LogP) is 3.99. The molecule has 0 spiro atoms. The van der Waals surface area contributed by atoms with Crippen molar-refractivity contribution in [3.05, 3.63) is 69.6 Å². The monoisotopic (exact) mass is 409 g/mol. The van der Waals surface area contributed by atoms with E-state index in [-0.39, 0.29) is 18.6 Å². The topological polar surface area (TPSA) is 94.8 Å². The zero-order valence-corrected chi connectivity index (χ0v) is 17.3. The van der Waals surface area contributed by atoms with Crippen molar-refractivity contribution in [2.75, 3.05) is 11.9 Å². The summed E-state index contributed by atoms with van der Waals surface area (Å²) in [5.41, 5.74) is 2.41. The molecule has 0 radical (unpaired) electrons. The van der Waals surface area contributed by atoms with Gasteiger partial charge in [0.1, 0.15) is 11.3 Å². The summed E-state index contributed by atoms with van der Waals surface area (Å²) >= 11 is 0. The summed E-state index contributed by atoms with van der Waals surface area (Å²) in [6.45, 7) is 6.93. The number of carbonyl (C=O) groups is 2. The van der Waals surface area contributed by atoms with Crippen LogP contribution in [0.5, 0.6) is 5.75 Å². The number of benzene rings is 2. The van der Waals surface area contributed by atoms with Crippen molar-refractivity contribution >= 4 is 28.5 Å². The summed E-state index contributed by atoms with van der Waals surface area (Å²) in [7, 11) is 0. The molecule has 7 heteroatoms. The first kappa shape index (κ1) is 21.1. The molecular formula is C23H23NO6. The van der Waals surface area contributed by atoms with Crippen LogP contribution >= 0.6 is 0 Å². The number of anilines is 1. The molecule has 0 aliphatic carbocycles. The molecule has 0 bridgehead atoms. The lowest BCUT2D eigenvalue weighted by molar-refractivity contribution is -0.118. The number of hydrogen-bond donors (Lipinski definition) is 1. The first-order chi connectivity index (χ1) is 14.2. The SMILES string of the molecule is Cc1cc(=O)oc2c(C)c(OCC(=O)Nc3ccc(C(=O)OC(C)C)cc3)ccc12. The van der Waals surface area contributed by atoms with E-state index in [4.69, 9.17) is 13.9 Å². The summed E-state index contributed by atoms with van der Waals surface area (Å²) in [6.07, 6.45) is -0.204. The highest BCUT2D eigenvalue weighted by Crippen LogP contribution is 2.28. The standard InChI is InChI=1S/C23H23NO6/c1-13(2)29-23(27)16-5-7-17(8-6-16)24-20(25)12-28-19-10-9-18-14(3)11-21(26)30-22(18)15(19)4/h5-11,13H,12H2,1-4H3,(H,24,25). The summed E-state index contributed by atoms with van der Waals surface area (Å²) in [5, 5.41) is 3.52. The van der Waals surface area contributed by atoms with Crippen molar-refractivity contribution in [1.82, 2.24) is 0 Å². The van der Waals surface area contributed by atoms with Gasteiger partial charge < -0.3 is 19.2 Å². The Kier molecular flexibility index (Phi) is 6.20. The molecule has 0 fully saturated rings. The van der Waals surface area contributed by atoms with Crippen molar-refractivity contribution in [1.29, 1.82) is 0 Å². The zero-order chi connectivity index (χ0) is 21.8. The molecule has 2 aromatic carbocycles. The smallest absolute Gasteiger partial charge is 0.338 e. The van der Waals surface area contributed by atoms with Gasteiger partial charge in [0.25, 0.3) is 5.91 Å². The number of rotatable bonds is 6. The lowest BCUT2D eigenvalue weighted by Gasteiger charge is -2.12. The first-order valence-corrected chi connectivity index (χ1v) is 9.52. The molecule has 0 aliphatic rings. The predicted molar refractivity (Wildman–Crippen MR) is 113 cm³/mol. The van der Waals surface area contributed by atoms with Crippen LogP contribution in [-0.2, 0) is 9.53 Å². The van der Waals surface area contributed by atoms with Gasteiger partial charge in [0.15, 0.2) is 6.61 Å². The Balaban J connectivity index is 1.64. The second kappa shape index (κ2) is 8.82. The quantitative estimate of drug-likeness (QED) is 0.489. The van der Waals surface area contributed by atoms with E-state index >= 15 is 0 Å². The molecule has 0 saturated heterocycles. The number of amides is 1. The molecule has 156 valence electrons. The zero-order valence-electron chi connectivity index (χ0n) is 17.3. The Morgan fingerprint density at radius 1 is 1.07 bits per heavy atom. The number of hydrogen-bond acceptors (Lipinski definition) is 6. The largest absolute Gasteiger partial charge is 0.483 e. The molecule has 0 atom stereocenters. The molecule has 1 amide bonds. The third kappa shape index (κ3) is 4.86. The molecule has 0 saturated carbocycles. The van der Waals surface area contributed by atoms with E-state index in [1.807, 2.05) is 6.92 Å². The summed E-state index contributed by atoms with van der Waals surface area (Å²) < 4.78 is 16.0. The Morgan fingerprint density at radius 3 is 2.43 bits per heavy atom. The fourth-order valence-corrected chi connectivity index (χ4v) is 2.97. The van der Waals surface area contributed by atoms with Gasteiger partial charge in [0.05, 0.1) is 11.7 Å². The van der Waals surface area contributed by atoms with Crippen LogP contribution in [0.4, 0.5) is 5.69 Å². The van der Waals surface area contributed by atoms with Crippen LogP contribution in [0.15, 0.2) is 51.7 Å². The van der Waals surface area contributed by atoms with Crippen molar-refractivity contribution in [2.45, 2.75) is 33.8 Å². The molecule has 7 nitrogen and oxygen atoms in total.